The van der Waals surface area contributed by atoms with Crippen molar-refractivity contribution in [2.45, 2.75) is 0 Å². The minimum atomic E-state index is 0.216. The number of aromatic nitrogens is 3. The molecule has 0 saturated carbocycles. The number of hydrogen-bond acceptors (Lipinski definition) is 2. The van der Waals surface area contributed by atoms with E-state index < -0.39 is 0 Å². The molecule has 0 atom stereocenters. The first-order chi connectivity index (χ1) is 12.9. The Kier molecular flexibility index (Phi) is 2.89. The number of nitrogens with zero attached hydrogens (tertiary/aromatic N) is 3. The molecular weight excluding hydrogens is 385 g/mol. The molecule has 0 N–H and O–H groups in total. The SMILES string of the molecule is c1ccc2c(c1)c1ccccc1n2-c1ccc2c(c1)[se]c1nccnc12. The van der Waals surface area contributed by atoms with E-state index in [0.717, 1.165) is 9.91 Å². The zero-order valence-electron chi connectivity index (χ0n) is 13.8. The van der Waals surface area contributed by atoms with Gasteiger partial charge in [0.1, 0.15) is 0 Å². The van der Waals surface area contributed by atoms with Gasteiger partial charge in [-0.25, -0.2) is 0 Å². The fourth-order valence-electron chi connectivity index (χ4n) is 3.82. The molecule has 6 rings (SSSR count). The van der Waals surface area contributed by atoms with Crippen molar-refractivity contribution in [2.24, 2.45) is 0 Å². The third-order valence-electron chi connectivity index (χ3n) is 4.93. The van der Waals surface area contributed by atoms with Crippen LogP contribution in [0.25, 0.3) is 47.0 Å². The van der Waals surface area contributed by atoms with Gasteiger partial charge in [-0.15, -0.1) is 0 Å². The van der Waals surface area contributed by atoms with E-state index in [9.17, 15) is 0 Å². The first kappa shape index (κ1) is 14.3. The monoisotopic (exact) mass is 399 g/mol. The molecule has 3 aromatic carbocycles. The molecule has 0 aliphatic rings. The third kappa shape index (κ3) is 1.88. The van der Waals surface area contributed by atoms with Crippen LogP contribution in [-0.4, -0.2) is 29.0 Å². The Hall–Kier alpha value is -2.94. The second kappa shape index (κ2) is 5.28. The summed E-state index contributed by atoms with van der Waals surface area (Å²) in [4.78, 5) is 9.06. The number of rotatable bonds is 1. The van der Waals surface area contributed by atoms with Crippen LogP contribution in [0.15, 0.2) is 79.1 Å². The molecule has 0 spiro atoms. The van der Waals surface area contributed by atoms with Crippen LogP contribution in [0.1, 0.15) is 0 Å². The summed E-state index contributed by atoms with van der Waals surface area (Å²) in [6, 6.07) is 24.0. The molecule has 3 nitrogen and oxygen atoms in total. The zero-order chi connectivity index (χ0) is 17.1. The van der Waals surface area contributed by atoms with Gasteiger partial charge in [-0.1, -0.05) is 0 Å². The summed E-state index contributed by atoms with van der Waals surface area (Å²) in [7, 11) is 0. The van der Waals surface area contributed by atoms with E-state index >= 15 is 0 Å². The van der Waals surface area contributed by atoms with Crippen LogP contribution >= 0.6 is 0 Å². The number of fused-ring (bicyclic) bond motifs is 6. The first-order valence-corrected chi connectivity index (χ1v) is 10.2. The summed E-state index contributed by atoms with van der Waals surface area (Å²) in [6.07, 6.45) is 3.57. The van der Waals surface area contributed by atoms with E-state index in [1.54, 1.807) is 12.4 Å². The van der Waals surface area contributed by atoms with Crippen LogP contribution in [-0.2, 0) is 0 Å². The average Bonchev–Trinajstić information content (AvgIpc) is 3.23. The van der Waals surface area contributed by atoms with Gasteiger partial charge < -0.3 is 0 Å². The minimum absolute atomic E-state index is 0.216. The van der Waals surface area contributed by atoms with E-state index in [-0.39, 0.29) is 14.5 Å². The second-order valence-electron chi connectivity index (χ2n) is 6.36. The van der Waals surface area contributed by atoms with Gasteiger partial charge in [0.05, 0.1) is 0 Å². The molecule has 26 heavy (non-hydrogen) atoms. The van der Waals surface area contributed by atoms with E-state index in [4.69, 9.17) is 0 Å². The molecule has 0 amide bonds. The molecule has 122 valence electrons. The maximum atomic E-state index is 4.54. The summed E-state index contributed by atoms with van der Waals surface area (Å²) < 4.78 is 4.86. The van der Waals surface area contributed by atoms with Crippen LogP contribution in [0, 0.1) is 0 Å². The van der Waals surface area contributed by atoms with Crippen molar-refractivity contribution in [3.63, 3.8) is 0 Å². The molecule has 0 radical (unpaired) electrons. The van der Waals surface area contributed by atoms with Crippen molar-refractivity contribution in [3.8, 4) is 5.69 Å². The van der Waals surface area contributed by atoms with E-state index in [1.165, 1.54) is 37.1 Å². The van der Waals surface area contributed by atoms with Crippen molar-refractivity contribution in [1.29, 1.82) is 0 Å². The van der Waals surface area contributed by atoms with Crippen LogP contribution < -0.4 is 0 Å². The first-order valence-electron chi connectivity index (χ1n) is 8.52. The van der Waals surface area contributed by atoms with Crippen molar-refractivity contribution in [1.82, 2.24) is 14.5 Å². The van der Waals surface area contributed by atoms with Gasteiger partial charge in [0.15, 0.2) is 0 Å². The molecule has 0 fully saturated rings. The molecule has 0 saturated heterocycles. The molecular formula is C22H13N3Se. The Labute approximate surface area is 155 Å². The maximum absolute atomic E-state index is 4.54. The Bertz CT molecular complexity index is 1390. The fourth-order valence-corrected chi connectivity index (χ4v) is 5.99. The van der Waals surface area contributed by atoms with Crippen molar-refractivity contribution in [2.75, 3.05) is 0 Å². The predicted molar refractivity (Wildman–Crippen MR) is 108 cm³/mol. The number of benzene rings is 3. The van der Waals surface area contributed by atoms with Crippen LogP contribution in [0.2, 0.25) is 0 Å². The Morgan fingerprint density at radius 3 is 2.15 bits per heavy atom. The Morgan fingerprint density at radius 2 is 1.38 bits per heavy atom. The predicted octanol–water partition coefficient (Wildman–Crippen LogP) is 4.94. The molecule has 4 heteroatoms. The molecule has 0 aliphatic heterocycles. The summed E-state index contributed by atoms with van der Waals surface area (Å²) in [5.74, 6) is 0. The van der Waals surface area contributed by atoms with Gasteiger partial charge in [-0.2, -0.15) is 0 Å². The molecule has 3 aromatic heterocycles. The average molecular weight is 398 g/mol. The normalized spacial score (nSPS) is 11.8. The zero-order valence-corrected chi connectivity index (χ0v) is 15.5. The van der Waals surface area contributed by atoms with E-state index in [2.05, 4.69) is 81.3 Å². The Morgan fingerprint density at radius 1 is 0.692 bits per heavy atom. The van der Waals surface area contributed by atoms with Gasteiger partial charge in [-0.05, 0) is 0 Å². The van der Waals surface area contributed by atoms with Crippen LogP contribution in [0.4, 0.5) is 0 Å². The summed E-state index contributed by atoms with van der Waals surface area (Å²) >= 11 is 0.216. The van der Waals surface area contributed by atoms with Crippen molar-refractivity contribution in [3.05, 3.63) is 79.1 Å². The van der Waals surface area contributed by atoms with Crippen LogP contribution in [0.3, 0.4) is 0 Å². The standard InChI is InChI=1S/C22H13N3Se/c1-3-7-18-15(5-1)16-6-2-4-8-19(16)25(18)14-9-10-17-20(13-14)26-22-21(17)23-11-12-24-22/h1-13H. The van der Waals surface area contributed by atoms with E-state index in [1.807, 2.05) is 0 Å². The number of hydrogen-bond donors (Lipinski definition) is 0. The van der Waals surface area contributed by atoms with Crippen LogP contribution in [0.5, 0.6) is 0 Å². The van der Waals surface area contributed by atoms with Gasteiger partial charge >= 0.3 is 155 Å². The van der Waals surface area contributed by atoms with Gasteiger partial charge in [0, 0.05) is 0 Å². The van der Waals surface area contributed by atoms with Gasteiger partial charge in [0.2, 0.25) is 0 Å². The summed E-state index contributed by atoms with van der Waals surface area (Å²) in [6.45, 7) is 0. The van der Waals surface area contributed by atoms with E-state index in [0.29, 0.717) is 0 Å². The molecule has 0 bridgehead atoms. The molecule has 6 aromatic rings. The molecule has 0 aliphatic carbocycles. The summed E-state index contributed by atoms with van der Waals surface area (Å²) in [5.41, 5.74) is 4.74. The molecule has 3 heterocycles. The Balaban J connectivity index is 1.73. The van der Waals surface area contributed by atoms with Gasteiger partial charge in [0.25, 0.3) is 0 Å². The topological polar surface area (TPSA) is 30.7 Å². The summed E-state index contributed by atoms with van der Waals surface area (Å²) in [5, 5.41) is 3.82. The fraction of sp³-hybridized carbons (Fsp3) is 0. The quantitative estimate of drug-likeness (QED) is 0.368. The third-order valence-corrected chi connectivity index (χ3v) is 7.13. The van der Waals surface area contributed by atoms with Gasteiger partial charge in [-0.3, -0.25) is 0 Å². The number of para-hydroxylation sites is 2. The van der Waals surface area contributed by atoms with Crippen molar-refractivity contribution < 1.29 is 0 Å². The molecule has 0 unspecified atom stereocenters. The van der Waals surface area contributed by atoms with Crippen molar-refractivity contribution >= 4 is 55.9 Å². The second-order valence-corrected chi connectivity index (χ2v) is 8.52.